The van der Waals surface area contributed by atoms with Gasteiger partial charge in [-0.3, -0.25) is 0 Å². The third kappa shape index (κ3) is 4.06. The van der Waals surface area contributed by atoms with Crippen molar-refractivity contribution >= 4 is 27.8 Å². The summed E-state index contributed by atoms with van der Waals surface area (Å²) in [4.78, 5) is 2.44. The fourth-order valence-corrected chi connectivity index (χ4v) is 3.12. The van der Waals surface area contributed by atoms with Crippen molar-refractivity contribution in [2.45, 2.75) is 18.7 Å². The lowest BCUT2D eigenvalue weighted by Crippen LogP contribution is -2.19. The van der Waals surface area contributed by atoms with Gasteiger partial charge in [-0.2, -0.15) is 13.5 Å². The summed E-state index contributed by atoms with van der Waals surface area (Å²) >= 11 is 5.85. The molecule has 0 bridgehead atoms. The molecule has 0 fully saturated rings. The molecule has 21 heavy (non-hydrogen) atoms. The molecule has 0 spiro atoms. The topological polar surface area (TPSA) is 58.5 Å². The van der Waals surface area contributed by atoms with Crippen LogP contribution in [0.4, 0.5) is 0 Å². The summed E-state index contributed by atoms with van der Waals surface area (Å²) in [6, 6.07) is 12.2. The van der Waals surface area contributed by atoms with Gasteiger partial charge in [0.1, 0.15) is 0 Å². The highest BCUT2D eigenvalue weighted by Crippen LogP contribution is 2.16. The molecule has 2 aromatic rings. The maximum absolute atomic E-state index is 12.2. The Hall–Kier alpha value is -1.85. The molecule has 0 atom stereocenters. The summed E-state index contributed by atoms with van der Waals surface area (Å²) < 4.78 is 24.4. The van der Waals surface area contributed by atoms with Gasteiger partial charge < -0.3 is 0 Å². The fraction of sp³-hybridized carbons (Fsp3) is 0.133. The van der Waals surface area contributed by atoms with Crippen molar-refractivity contribution in [2.24, 2.45) is 5.10 Å². The summed E-state index contributed by atoms with van der Waals surface area (Å²) in [5, 5.41) is 4.35. The van der Waals surface area contributed by atoms with Crippen molar-refractivity contribution in [1.82, 2.24) is 4.83 Å². The van der Waals surface area contributed by atoms with Gasteiger partial charge in [0.25, 0.3) is 10.0 Å². The SMILES string of the molecule is Cc1ccc(C)c(S(=O)(=O)N/N=C/c2cccc(Cl)c2)c1. The number of hydrazone groups is 1. The second-order valence-electron chi connectivity index (χ2n) is 4.68. The quantitative estimate of drug-likeness (QED) is 0.693. The molecule has 2 rings (SSSR count). The first kappa shape index (κ1) is 15.5. The fourth-order valence-electron chi connectivity index (χ4n) is 1.80. The van der Waals surface area contributed by atoms with Crippen LogP contribution in [0.5, 0.6) is 0 Å². The molecule has 0 aliphatic rings. The number of rotatable bonds is 4. The van der Waals surface area contributed by atoms with E-state index in [1.165, 1.54) is 6.21 Å². The zero-order valence-corrected chi connectivity index (χ0v) is 13.2. The average Bonchev–Trinajstić information content (AvgIpc) is 2.41. The molecule has 0 saturated carbocycles. The Labute approximate surface area is 129 Å². The van der Waals surface area contributed by atoms with E-state index in [1.807, 2.05) is 13.0 Å². The zero-order valence-electron chi connectivity index (χ0n) is 11.7. The summed E-state index contributed by atoms with van der Waals surface area (Å²) in [6.45, 7) is 3.59. The van der Waals surface area contributed by atoms with Crippen LogP contribution in [0.15, 0.2) is 52.5 Å². The summed E-state index contributed by atoms with van der Waals surface area (Å²) in [6.07, 6.45) is 1.41. The lowest BCUT2D eigenvalue weighted by atomic mass is 10.2. The van der Waals surface area contributed by atoms with Crippen molar-refractivity contribution in [3.05, 3.63) is 64.2 Å². The molecule has 0 aliphatic heterocycles. The molecule has 0 aliphatic carbocycles. The van der Waals surface area contributed by atoms with Gasteiger partial charge in [-0.05, 0) is 48.7 Å². The van der Waals surface area contributed by atoms with Crippen LogP contribution in [0.1, 0.15) is 16.7 Å². The van der Waals surface area contributed by atoms with E-state index in [-0.39, 0.29) is 4.90 Å². The number of hydrogen-bond donors (Lipinski definition) is 1. The Morgan fingerprint density at radius 3 is 2.62 bits per heavy atom. The number of hydrogen-bond acceptors (Lipinski definition) is 3. The molecule has 0 aromatic heterocycles. The van der Waals surface area contributed by atoms with E-state index in [0.717, 1.165) is 5.56 Å². The molecular weight excluding hydrogens is 308 g/mol. The Bertz CT molecular complexity index is 786. The predicted molar refractivity (Wildman–Crippen MR) is 85.3 cm³/mol. The van der Waals surface area contributed by atoms with Crippen LogP contribution in [0.3, 0.4) is 0 Å². The minimum atomic E-state index is -3.67. The highest BCUT2D eigenvalue weighted by Gasteiger charge is 2.15. The maximum Gasteiger partial charge on any atom is 0.276 e. The second kappa shape index (κ2) is 6.28. The Morgan fingerprint density at radius 1 is 1.14 bits per heavy atom. The van der Waals surface area contributed by atoms with Crippen molar-refractivity contribution < 1.29 is 8.42 Å². The van der Waals surface area contributed by atoms with Gasteiger partial charge in [0.05, 0.1) is 11.1 Å². The molecule has 1 N–H and O–H groups in total. The van der Waals surface area contributed by atoms with E-state index in [9.17, 15) is 8.42 Å². The predicted octanol–water partition coefficient (Wildman–Crippen LogP) is 3.27. The highest BCUT2D eigenvalue weighted by molar-refractivity contribution is 7.89. The van der Waals surface area contributed by atoms with Gasteiger partial charge in [0.15, 0.2) is 0 Å². The summed E-state index contributed by atoms with van der Waals surface area (Å²) in [7, 11) is -3.67. The third-order valence-electron chi connectivity index (χ3n) is 2.87. The molecule has 0 radical (unpaired) electrons. The van der Waals surface area contributed by atoms with Gasteiger partial charge in [-0.15, -0.1) is 0 Å². The number of aryl methyl sites for hydroxylation is 2. The van der Waals surface area contributed by atoms with E-state index < -0.39 is 10.0 Å². The first-order chi connectivity index (χ1) is 9.88. The number of nitrogens with one attached hydrogen (secondary N) is 1. The molecule has 4 nitrogen and oxygen atoms in total. The van der Waals surface area contributed by atoms with Crippen molar-refractivity contribution in [2.75, 3.05) is 0 Å². The lowest BCUT2D eigenvalue weighted by molar-refractivity contribution is 0.584. The summed E-state index contributed by atoms with van der Waals surface area (Å²) in [5.41, 5.74) is 2.26. The van der Waals surface area contributed by atoms with Gasteiger partial charge in [-0.1, -0.05) is 35.9 Å². The Balaban J connectivity index is 2.20. The molecule has 110 valence electrons. The van der Waals surface area contributed by atoms with E-state index in [1.54, 1.807) is 43.3 Å². The number of benzene rings is 2. The van der Waals surface area contributed by atoms with Crippen LogP contribution >= 0.6 is 11.6 Å². The van der Waals surface area contributed by atoms with E-state index in [4.69, 9.17) is 11.6 Å². The normalized spacial score (nSPS) is 11.8. The number of nitrogens with zero attached hydrogens (tertiary/aromatic N) is 1. The van der Waals surface area contributed by atoms with Gasteiger partial charge in [0.2, 0.25) is 0 Å². The first-order valence-electron chi connectivity index (χ1n) is 6.26. The summed E-state index contributed by atoms with van der Waals surface area (Å²) in [5.74, 6) is 0. The molecule has 0 heterocycles. The molecule has 0 amide bonds. The van der Waals surface area contributed by atoms with Crippen molar-refractivity contribution in [1.29, 1.82) is 0 Å². The van der Waals surface area contributed by atoms with Crippen LogP contribution < -0.4 is 4.83 Å². The van der Waals surface area contributed by atoms with E-state index in [0.29, 0.717) is 16.1 Å². The zero-order chi connectivity index (χ0) is 15.5. The highest BCUT2D eigenvalue weighted by atomic mass is 35.5. The molecule has 0 saturated heterocycles. The van der Waals surface area contributed by atoms with Gasteiger partial charge >= 0.3 is 0 Å². The van der Waals surface area contributed by atoms with E-state index in [2.05, 4.69) is 9.93 Å². The molecule has 6 heteroatoms. The van der Waals surface area contributed by atoms with Crippen molar-refractivity contribution in [3.63, 3.8) is 0 Å². The smallest absolute Gasteiger partial charge is 0.200 e. The van der Waals surface area contributed by atoms with Crippen molar-refractivity contribution in [3.8, 4) is 0 Å². The second-order valence-corrected chi connectivity index (χ2v) is 6.74. The van der Waals surface area contributed by atoms with E-state index >= 15 is 0 Å². The van der Waals surface area contributed by atoms with Crippen LogP contribution in [0.2, 0.25) is 5.02 Å². The van der Waals surface area contributed by atoms with Crippen LogP contribution in [-0.4, -0.2) is 14.6 Å². The maximum atomic E-state index is 12.2. The molecule has 0 unspecified atom stereocenters. The van der Waals surface area contributed by atoms with Crippen LogP contribution in [0, 0.1) is 13.8 Å². The average molecular weight is 323 g/mol. The Morgan fingerprint density at radius 2 is 1.90 bits per heavy atom. The largest absolute Gasteiger partial charge is 0.276 e. The standard InChI is InChI=1S/C15H15ClN2O2S/c1-11-6-7-12(2)15(8-11)21(19,20)18-17-10-13-4-3-5-14(16)9-13/h3-10,18H,1-2H3/b17-10+. The number of halogens is 1. The van der Waals surface area contributed by atoms with Gasteiger partial charge in [-0.25, -0.2) is 4.83 Å². The molecular formula is C15H15ClN2O2S. The molecule has 2 aromatic carbocycles. The van der Waals surface area contributed by atoms with Crippen LogP contribution in [-0.2, 0) is 10.0 Å². The minimum absolute atomic E-state index is 0.228. The van der Waals surface area contributed by atoms with Crippen LogP contribution in [0.25, 0.3) is 0 Å². The lowest BCUT2D eigenvalue weighted by Gasteiger charge is -2.07. The first-order valence-corrected chi connectivity index (χ1v) is 8.12. The monoisotopic (exact) mass is 322 g/mol. The number of sulfonamides is 1. The minimum Gasteiger partial charge on any atom is -0.200 e. The third-order valence-corrected chi connectivity index (χ3v) is 4.47. The Kier molecular flexibility index (Phi) is 4.65. The van der Waals surface area contributed by atoms with Gasteiger partial charge in [0, 0.05) is 5.02 Å².